The van der Waals surface area contributed by atoms with E-state index in [9.17, 15) is 8.42 Å². The van der Waals surface area contributed by atoms with Gasteiger partial charge in [0.2, 0.25) is 0 Å². The second kappa shape index (κ2) is 10.6. The van der Waals surface area contributed by atoms with Crippen LogP contribution in [0.1, 0.15) is 24.8 Å². The number of benzene rings is 1. The Morgan fingerprint density at radius 1 is 0.972 bits per heavy atom. The van der Waals surface area contributed by atoms with Crippen molar-refractivity contribution in [2.75, 3.05) is 29.9 Å². The standard InChI is InChI=1S/C27H29N5O3S/c1-20-4-6-23(7-5-20)36(33,34)35-18-13-21-11-16-32(17-12-21)27-19-22(10-15-29-27)30-26-9-8-24-25(31-26)3-2-14-28-24/h2-10,14-15,19,21H,11-13,16-18H2,1H3,(H,29,30,31). The summed E-state index contributed by atoms with van der Waals surface area (Å²) in [4.78, 5) is 16.0. The van der Waals surface area contributed by atoms with Crippen molar-refractivity contribution in [2.24, 2.45) is 5.92 Å². The molecule has 0 spiro atoms. The zero-order valence-electron chi connectivity index (χ0n) is 20.2. The van der Waals surface area contributed by atoms with Crippen molar-refractivity contribution < 1.29 is 12.6 Å². The summed E-state index contributed by atoms with van der Waals surface area (Å²) in [6.45, 7) is 3.86. The van der Waals surface area contributed by atoms with E-state index in [2.05, 4.69) is 25.2 Å². The van der Waals surface area contributed by atoms with Gasteiger partial charge in [-0.2, -0.15) is 8.42 Å². The molecule has 1 aromatic carbocycles. The van der Waals surface area contributed by atoms with E-state index >= 15 is 0 Å². The van der Waals surface area contributed by atoms with Gasteiger partial charge < -0.3 is 10.2 Å². The zero-order valence-corrected chi connectivity index (χ0v) is 21.0. The first-order valence-corrected chi connectivity index (χ1v) is 13.5. The molecule has 9 heteroatoms. The summed E-state index contributed by atoms with van der Waals surface area (Å²) < 4.78 is 30.1. The number of hydrogen-bond acceptors (Lipinski definition) is 8. The fraction of sp³-hybridized carbons (Fsp3) is 0.296. The highest BCUT2D eigenvalue weighted by molar-refractivity contribution is 7.86. The molecule has 1 aliphatic heterocycles. The Kier molecular flexibility index (Phi) is 7.11. The molecule has 0 aliphatic carbocycles. The molecule has 8 nitrogen and oxygen atoms in total. The molecule has 1 N–H and O–H groups in total. The van der Waals surface area contributed by atoms with E-state index in [0.29, 0.717) is 5.92 Å². The Bertz CT molecular complexity index is 1440. The quantitative estimate of drug-likeness (QED) is 0.332. The zero-order chi connectivity index (χ0) is 25.0. The van der Waals surface area contributed by atoms with Crippen molar-refractivity contribution >= 4 is 38.5 Å². The minimum atomic E-state index is -3.71. The molecule has 4 aromatic rings. The molecule has 0 atom stereocenters. The number of aryl methyl sites for hydroxylation is 1. The number of rotatable bonds is 8. The molecule has 0 radical (unpaired) electrons. The summed E-state index contributed by atoms with van der Waals surface area (Å²) in [5.74, 6) is 2.09. The van der Waals surface area contributed by atoms with Crippen LogP contribution in [0.2, 0.25) is 0 Å². The highest BCUT2D eigenvalue weighted by Gasteiger charge is 2.22. The normalized spacial score (nSPS) is 14.8. The van der Waals surface area contributed by atoms with Crippen LogP contribution < -0.4 is 10.2 Å². The lowest BCUT2D eigenvalue weighted by Gasteiger charge is -2.33. The van der Waals surface area contributed by atoms with Crippen LogP contribution in [-0.2, 0) is 14.3 Å². The maximum Gasteiger partial charge on any atom is 0.296 e. The number of pyridine rings is 3. The number of hydrogen-bond donors (Lipinski definition) is 1. The fourth-order valence-electron chi connectivity index (χ4n) is 4.39. The largest absolute Gasteiger partial charge is 0.357 e. The van der Waals surface area contributed by atoms with Crippen molar-refractivity contribution in [1.82, 2.24) is 15.0 Å². The van der Waals surface area contributed by atoms with E-state index in [1.807, 2.05) is 43.3 Å². The Balaban J connectivity index is 1.13. The molecule has 1 saturated heterocycles. The van der Waals surface area contributed by atoms with Gasteiger partial charge in [-0.3, -0.25) is 9.17 Å². The highest BCUT2D eigenvalue weighted by atomic mass is 32.2. The third-order valence-electron chi connectivity index (χ3n) is 6.49. The van der Waals surface area contributed by atoms with Crippen LogP contribution in [-0.4, -0.2) is 43.1 Å². The van der Waals surface area contributed by atoms with Crippen LogP contribution in [0.25, 0.3) is 11.0 Å². The van der Waals surface area contributed by atoms with Gasteiger partial charge in [0.05, 0.1) is 22.5 Å². The number of fused-ring (bicyclic) bond motifs is 1. The van der Waals surface area contributed by atoms with Crippen LogP contribution in [0, 0.1) is 12.8 Å². The minimum Gasteiger partial charge on any atom is -0.357 e. The van der Waals surface area contributed by atoms with Crippen LogP contribution in [0.4, 0.5) is 17.3 Å². The first kappa shape index (κ1) is 24.1. The lowest BCUT2D eigenvalue weighted by atomic mass is 9.94. The molecule has 5 rings (SSSR count). The number of piperidine rings is 1. The van der Waals surface area contributed by atoms with Crippen molar-refractivity contribution in [3.05, 3.63) is 78.6 Å². The van der Waals surface area contributed by atoms with E-state index in [0.717, 1.165) is 66.3 Å². The van der Waals surface area contributed by atoms with Gasteiger partial charge >= 0.3 is 0 Å². The van der Waals surface area contributed by atoms with Crippen LogP contribution in [0.15, 0.2) is 78.0 Å². The summed E-state index contributed by atoms with van der Waals surface area (Å²) in [7, 11) is -3.71. The predicted molar refractivity (Wildman–Crippen MR) is 141 cm³/mol. The molecular weight excluding hydrogens is 474 g/mol. The van der Waals surface area contributed by atoms with Gasteiger partial charge in [-0.15, -0.1) is 0 Å². The topological polar surface area (TPSA) is 97.3 Å². The van der Waals surface area contributed by atoms with Gasteiger partial charge in [0, 0.05) is 37.2 Å². The average molecular weight is 504 g/mol. The monoisotopic (exact) mass is 503 g/mol. The predicted octanol–water partition coefficient (Wildman–Crippen LogP) is 5.09. The molecule has 1 fully saturated rings. The third kappa shape index (κ3) is 5.80. The molecule has 1 aliphatic rings. The molecule has 0 amide bonds. The summed E-state index contributed by atoms with van der Waals surface area (Å²) in [6, 6.07) is 18.4. The molecule has 0 bridgehead atoms. The number of nitrogens with one attached hydrogen (secondary N) is 1. The van der Waals surface area contributed by atoms with Gasteiger partial charge in [0.25, 0.3) is 10.1 Å². The van der Waals surface area contributed by atoms with E-state index in [1.165, 1.54) is 0 Å². The van der Waals surface area contributed by atoms with Crippen LogP contribution in [0.5, 0.6) is 0 Å². The number of aromatic nitrogens is 3. The highest BCUT2D eigenvalue weighted by Crippen LogP contribution is 2.27. The smallest absolute Gasteiger partial charge is 0.296 e. The summed E-state index contributed by atoms with van der Waals surface area (Å²) >= 11 is 0. The van der Waals surface area contributed by atoms with E-state index in [4.69, 9.17) is 4.18 Å². The van der Waals surface area contributed by atoms with Crippen LogP contribution in [0.3, 0.4) is 0 Å². The fourth-order valence-corrected chi connectivity index (χ4v) is 5.31. The Hall–Kier alpha value is -3.56. The lowest BCUT2D eigenvalue weighted by Crippen LogP contribution is -2.34. The molecule has 36 heavy (non-hydrogen) atoms. The second-order valence-corrected chi connectivity index (χ2v) is 10.7. The summed E-state index contributed by atoms with van der Waals surface area (Å²) in [6.07, 6.45) is 6.21. The number of anilines is 3. The maximum absolute atomic E-state index is 12.4. The van der Waals surface area contributed by atoms with Gasteiger partial charge in [-0.1, -0.05) is 17.7 Å². The Labute approximate surface area is 211 Å². The van der Waals surface area contributed by atoms with Gasteiger partial charge in [-0.05, 0) is 74.6 Å². The third-order valence-corrected chi connectivity index (χ3v) is 7.81. The van der Waals surface area contributed by atoms with E-state index in [1.54, 1.807) is 36.7 Å². The lowest BCUT2D eigenvalue weighted by molar-refractivity contribution is 0.262. The molecule has 3 aromatic heterocycles. The molecule has 0 unspecified atom stereocenters. The number of nitrogens with zero attached hydrogens (tertiary/aromatic N) is 4. The average Bonchev–Trinajstić information content (AvgIpc) is 2.89. The SMILES string of the molecule is Cc1ccc(S(=O)(=O)OCCC2CCN(c3cc(Nc4ccc5ncccc5n4)ccn3)CC2)cc1. The molecule has 0 saturated carbocycles. The van der Waals surface area contributed by atoms with Crippen molar-refractivity contribution in [1.29, 1.82) is 0 Å². The van der Waals surface area contributed by atoms with Gasteiger partial charge in [0.1, 0.15) is 11.6 Å². The van der Waals surface area contributed by atoms with E-state index in [-0.39, 0.29) is 11.5 Å². The van der Waals surface area contributed by atoms with E-state index < -0.39 is 10.1 Å². The first-order chi connectivity index (χ1) is 17.5. The summed E-state index contributed by atoms with van der Waals surface area (Å²) in [5, 5.41) is 3.36. The molecule has 186 valence electrons. The van der Waals surface area contributed by atoms with Gasteiger partial charge in [0.15, 0.2) is 0 Å². The maximum atomic E-state index is 12.4. The Morgan fingerprint density at radius 3 is 2.58 bits per heavy atom. The summed E-state index contributed by atoms with van der Waals surface area (Å²) in [5.41, 5.74) is 3.64. The Morgan fingerprint density at radius 2 is 1.78 bits per heavy atom. The molecule has 4 heterocycles. The van der Waals surface area contributed by atoms with Crippen molar-refractivity contribution in [2.45, 2.75) is 31.1 Å². The van der Waals surface area contributed by atoms with Crippen molar-refractivity contribution in [3.8, 4) is 0 Å². The first-order valence-electron chi connectivity index (χ1n) is 12.1. The second-order valence-electron chi connectivity index (χ2n) is 9.07. The van der Waals surface area contributed by atoms with Crippen molar-refractivity contribution in [3.63, 3.8) is 0 Å². The van der Waals surface area contributed by atoms with Crippen LogP contribution >= 0.6 is 0 Å². The molecular formula is C27H29N5O3S. The van der Waals surface area contributed by atoms with Gasteiger partial charge in [-0.25, -0.2) is 9.97 Å². The minimum absolute atomic E-state index is 0.201.